The summed E-state index contributed by atoms with van der Waals surface area (Å²) < 4.78 is 20.5. The Bertz CT molecular complexity index is 1150. The van der Waals surface area contributed by atoms with Gasteiger partial charge in [0.1, 0.15) is 5.82 Å². The summed E-state index contributed by atoms with van der Waals surface area (Å²) in [5.41, 5.74) is 0.590. The summed E-state index contributed by atoms with van der Waals surface area (Å²) >= 11 is 7.06. The van der Waals surface area contributed by atoms with Gasteiger partial charge in [-0.3, -0.25) is 14.2 Å². The predicted octanol–water partition coefficient (Wildman–Crippen LogP) is 3.57. The molecule has 1 saturated heterocycles. The highest BCUT2D eigenvalue weighted by atomic mass is 35.5. The number of hydrogen-bond acceptors (Lipinski definition) is 5. The van der Waals surface area contributed by atoms with Gasteiger partial charge < -0.3 is 10.1 Å². The Balaban J connectivity index is 1.63. The van der Waals surface area contributed by atoms with Crippen molar-refractivity contribution in [3.05, 3.63) is 63.7 Å². The molecule has 0 spiro atoms. The first-order chi connectivity index (χ1) is 14.5. The van der Waals surface area contributed by atoms with Crippen molar-refractivity contribution in [1.82, 2.24) is 14.9 Å². The van der Waals surface area contributed by atoms with Gasteiger partial charge in [0.15, 0.2) is 5.16 Å². The average Bonchev–Trinajstić information content (AvgIpc) is 3.27. The average molecular weight is 448 g/mol. The van der Waals surface area contributed by atoms with E-state index in [2.05, 4.69) is 10.3 Å². The largest absolute Gasteiger partial charge is 0.376 e. The Morgan fingerprint density at radius 1 is 1.33 bits per heavy atom. The van der Waals surface area contributed by atoms with Crippen LogP contribution in [0.4, 0.5) is 4.39 Å². The molecule has 6 nitrogen and oxygen atoms in total. The highest BCUT2D eigenvalue weighted by Crippen LogP contribution is 2.24. The van der Waals surface area contributed by atoms with E-state index >= 15 is 0 Å². The molecule has 1 aliphatic rings. The maximum atomic E-state index is 13.6. The third-order valence-electron chi connectivity index (χ3n) is 4.79. The molecule has 1 fully saturated rings. The number of nitrogens with one attached hydrogen (secondary N) is 1. The van der Waals surface area contributed by atoms with E-state index in [-0.39, 0.29) is 28.3 Å². The molecule has 2 aromatic carbocycles. The van der Waals surface area contributed by atoms with Gasteiger partial charge >= 0.3 is 0 Å². The fourth-order valence-electron chi connectivity index (χ4n) is 3.28. The normalized spacial score (nSPS) is 16.1. The van der Waals surface area contributed by atoms with Gasteiger partial charge in [-0.2, -0.15) is 0 Å². The van der Waals surface area contributed by atoms with Crippen molar-refractivity contribution in [2.45, 2.75) is 24.1 Å². The van der Waals surface area contributed by atoms with Crippen LogP contribution in [-0.4, -0.2) is 40.5 Å². The van der Waals surface area contributed by atoms with Gasteiger partial charge in [0, 0.05) is 13.2 Å². The van der Waals surface area contributed by atoms with Crippen molar-refractivity contribution in [1.29, 1.82) is 0 Å². The number of para-hydroxylation sites is 1. The molecule has 9 heteroatoms. The number of halogens is 2. The topological polar surface area (TPSA) is 73.2 Å². The van der Waals surface area contributed by atoms with E-state index in [1.165, 1.54) is 22.8 Å². The Hall–Kier alpha value is -2.42. The van der Waals surface area contributed by atoms with Crippen LogP contribution in [0.2, 0.25) is 5.02 Å². The first kappa shape index (κ1) is 20.8. The monoisotopic (exact) mass is 447 g/mol. The summed E-state index contributed by atoms with van der Waals surface area (Å²) in [6.45, 7) is 1.19. The van der Waals surface area contributed by atoms with E-state index in [0.29, 0.717) is 28.3 Å². The summed E-state index contributed by atoms with van der Waals surface area (Å²) in [6.07, 6.45) is 1.99. The van der Waals surface area contributed by atoms with Crippen molar-refractivity contribution in [2.24, 2.45) is 0 Å². The number of hydrogen-bond donors (Lipinski definition) is 1. The molecule has 1 aliphatic heterocycles. The van der Waals surface area contributed by atoms with Gasteiger partial charge in [0.25, 0.3) is 5.56 Å². The summed E-state index contributed by atoms with van der Waals surface area (Å²) in [5, 5.41) is 3.50. The Kier molecular flexibility index (Phi) is 6.36. The molecule has 0 radical (unpaired) electrons. The van der Waals surface area contributed by atoms with Crippen LogP contribution < -0.4 is 10.9 Å². The van der Waals surface area contributed by atoms with Crippen molar-refractivity contribution in [2.75, 3.05) is 18.9 Å². The van der Waals surface area contributed by atoms with E-state index in [1.54, 1.807) is 24.3 Å². The summed E-state index contributed by atoms with van der Waals surface area (Å²) in [7, 11) is 0. The fourth-order valence-corrected chi connectivity index (χ4v) is 4.29. The lowest BCUT2D eigenvalue weighted by Crippen LogP contribution is -2.33. The van der Waals surface area contributed by atoms with Crippen LogP contribution in [0.25, 0.3) is 16.6 Å². The van der Waals surface area contributed by atoms with Crippen LogP contribution in [0.5, 0.6) is 0 Å². The van der Waals surface area contributed by atoms with E-state index in [0.717, 1.165) is 31.2 Å². The molecule has 0 saturated carbocycles. The molecule has 1 N–H and O–H groups in total. The maximum Gasteiger partial charge on any atom is 0.266 e. The molecule has 0 aliphatic carbocycles. The second-order valence-corrected chi connectivity index (χ2v) is 8.23. The molecule has 1 amide bonds. The smallest absolute Gasteiger partial charge is 0.266 e. The quantitative estimate of drug-likeness (QED) is 0.462. The zero-order valence-corrected chi connectivity index (χ0v) is 17.5. The number of carbonyl (C=O) groups excluding carboxylic acids is 1. The van der Waals surface area contributed by atoms with Crippen LogP contribution in [0, 0.1) is 5.82 Å². The molecule has 0 bridgehead atoms. The number of aromatic nitrogens is 2. The Morgan fingerprint density at radius 2 is 2.17 bits per heavy atom. The van der Waals surface area contributed by atoms with Gasteiger partial charge in [-0.15, -0.1) is 0 Å². The number of nitrogens with zero attached hydrogens (tertiary/aromatic N) is 2. The van der Waals surface area contributed by atoms with Crippen molar-refractivity contribution in [3.8, 4) is 5.69 Å². The SMILES string of the molecule is O=C(CSc1nc2ccccc2c(=O)n1-c1ccc(F)c(Cl)c1)NCC1CCCO1. The first-order valence-electron chi connectivity index (χ1n) is 9.51. The minimum Gasteiger partial charge on any atom is -0.376 e. The Labute approximate surface area is 181 Å². The van der Waals surface area contributed by atoms with Crippen molar-refractivity contribution >= 4 is 40.2 Å². The van der Waals surface area contributed by atoms with Crippen LogP contribution >= 0.6 is 23.4 Å². The fraction of sp³-hybridized carbons (Fsp3) is 0.286. The molecule has 1 atom stereocenters. The van der Waals surface area contributed by atoms with Gasteiger partial charge in [0.05, 0.1) is 33.5 Å². The van der Waals surface area contributed by atoms with Gasteiger partial charge in [-0.05, 0) is 43.2 Å². The zero-order chi connectivity index (χ0) is 21.1. The lowest BCUT2D eigenvalue weighted by molar-refractivity contribution is -0.119. The van der Waals surface area contributed by atoms with E-state index < -0.39 is 5.82 Å². The zero-order valence-electron chi connectivity index (χ0n) is 15.9. The minimum atomic E-state index is -0.579. The first-order valence-corrected chi connectivity index (χ1v) is 10.9. The molecule has 30 heavy (non-hydrogen) atoms. The second kappa shape index (κ2) is 9.16. The molecule has 3 aromatic rings. The van der Waals surface area contributed by atoms with Crippen LogP contribution in [-0.2, 0) is 9.53 Å². The summed E-state index contributed by atoms with van der Waals surface area (Å²) in [4.78, 5) is 30.0. The van der Waals surface area contributed by atoms with E-state index in [1.807, 2.05) is 0 Å². The third kappa shape index (κ3) is 4.50. The van der Waals surface area contributed by atoms with E-state index in [4.69, 9.17) is 16.3 Å². The number of carbonyl (C=O) groups is 1. The number of amides is 1. The molecule has 1 aromatic heterocycles. The number of benzene rings is 2. The standard InChI is InChI=1S/C21H19ClFN3O3S/c22-16-10-13(7-8-17(16)23)26-20(28)15-5-1-2-6-18(15)25-21(26)30-12-19(27)24-11-14-4-3-9-29-14/h1-2,5-8,10,14H,3-4,9,11-12H2,(H,24,27). The van der Waals surface area contributed by atoms with Crippen LogP contribution in [0.15, 0.2) is 52.4 Å². The lowest BCUT2D eigenvalue weighted by Gasteiger charge is -2.14. The number of ether oxygens (including phenoxy) is 1. The lowest BCUT2D eigenvalue weighted by atomic mass is 10.2. The molecular weight excluding hydrogens is 429 g/mol. The molecule has 156 valence electrons. The number of fused-ring (bicyclic) bond motifs is 1. The Morgan fingerprint density at radius 3 is 2.93 bits per heavy atom. The highest BCUT2D eigenvalue weighted by molar-refractivity contribution is 7.99. The maximum absolute atomic E-state index is 13.6. The number of thioether (sulfide) groups is 1. The van der Waals surface area contributed by atoms with E-state index in [9.17, 15) is 14.0 Å². The van der Waals surface area contributed by atoms with Crippen molar-refractivity contribution < 1.29 is 13.9 Å². The highest BCUT2D eigenvalue weighted by Gasteiger charge is 2.18. The van der Waals surface area contributed by atoms with Crippen LogP contribution in [0.3, 0.4) is 0 Å². The summed E-state index contributed by atoms with van der Waals surface area (Å²) in [6, 6.07) is 11.0. The number of rotatable bonds is 6. The van der Waals surface area contributed by atoms with Crippen molar-refractivity contribution in [3.63, 3.8) is 0 Å². The molecule has 4 rings (SSSR count). The van der Waals surface area contributed by atoms with Gasteiger partial charge in [-0.1, -0.05) is 35.5 Å². The summed E-state index contributed by atoms with van der Waals surface area (Å²) in [5.74, 6) is -0.682. The molecule has 1 unspecified atom stereocenters. The van der Waals surface area contributed by atoms with Crippen LogP contribution in [0.1, 0.15) is 12.8 Å². The minimum absolute atomic E-state index is 0.0530. The molecular formula is C21H19ClFN3O3S. The third-order valence-corrected chi connectivity index (χ3v) is 6.02. The molecule has 2 heterocycles. The second-order valence-electron chi connectivity index (χ2n) is 6.88. The van der Waals surface area contributed by atoms with Gasteiger partial charge in [0.2, 0.25) is 5.91 Å². The predicted molar refractivity (Wildman–Crippen MR) is 115 cm³/mol. The van der Waals surface area contributed by atoms with Gasteiger partial charge in [-0.25, -0.2) is 9.37 Å².